The molecule has 4 saturated heterocycles. The maximum absolute atomic E-state index is 14.4. The highest BCUT2D eigenvalue weighted by Gasteiger charge is 2.44. The Labute approximate surface area is 640 Å². The molecule has 0 saturated carbocycles. The first-order valence-corrected chi connectivity index (χ1v) is 39.8. The molecule has 20 rings (SSSR count). The highest BCUT2D eigenvalue weighted by molar-refractivity contribution is 5.91. The zero-order valence-corrected chi connectivity index (χ0v) is 63.4. The molecule has 570 valence electrons. The Kier molecular flexibility index (Phi) is 20.2. The summed E-state index contributed by atoms with van der Waals surface area (Å²) in [5.41, 5.74) is 28.4. The number of primary amides is 1. The number of pyridine rings is 4. The second-order valence-corrected chi connectivity index (χ2v) is 32.2. The van der Waals surface area contributed by atoms with Crippen LogP contribution in [0.25, 0.3) is 43.6 Å². The van der Waals surface area contributed by atoms with E-state index in [0.717, 1.165) is 116 Å². The summed E-state index contributed by atoms with van der Waals surface area (Å²) in [5, 5.41) is 73.0. The fourth-order valence-electron chi connectivity index (χ4n) is 20.2. The molecule has 1 amide bonds. The quantitative estimate of drug-likeness (QED) is 0.0410. The number of hydroxylamine groups is 3. The number of aromatic nitrogens is 8. The Morgan fingerprint density at radius 1 is 0.491 bits per heavy atom. The van der Waals surface area contributed by atoms with Crippen molar-refractivity contribution in [1.82, 2.24) is 47.9 Å². The van der Waals surface area contributed by atoms with Crippen LogP contribution in [0.4, 0.5) is 4.39 Å². The number of aliphatic hydroxyl groups excluding tert-OH is 4. The molecule has 16 heterocycles. The van der Waals surface area contributed by atoms with Crippen molar-refractivity contribution in [3.63, 3.8) is 0 Å². The molecular formula is C89H100FN13O7. The number of amides is 1. The molecule has 20 nitrogen and oxygen atoms in total. The number of halogens is 1. The number of nitrogens with two attached hydrogens (primary N) is 1. The van der Waals surface area contributed by atoms with E-state index in [1.54, 1.807) is 61.3 Å². The van der Waals surface area contributed by atoms with E-state index in [1.807, 2.05) is 37.3 Å². The Morgan fingerprint density at radius 2 is 0.900 bits per heavy atom. The minimum Gasteiger partial charge on any atom is -0.632 e. The minimum atomic E-state index is -0.702. The highest BCUT2D eigenvalue weighted by Crippen LogP contribution is 2.50. The van der Waals surface area contributed by atoms with Crippen molar-refractivity contribution in [1.29, 1.82) is 0 Å². The van der Waals surface area contributed by atoms with Crippen LogP contribution in [0.3, 0.4) is 0 Å². The molecule has 8 aromatic heterocycles. The lowest BCUT2D eigenvalue weighted by Crippen LogP contribution is -2.46. The van der Waals surface area contributed by atoms with E-state index in [1.165, 1.54) is 146 Å². The fourth-order valence-corrected chi connectivity index (χ4v) is 20.2. The Bertz CT molecular complexity index is 5410. The van der Waals surface area contributed by atoms with Crippen LogP contribution in [0, 0.1) is 43.9 Å². The molecule has 0 bridgehead atoms. The number of aryl methyl sites for hydroxylation is 4. The predicted octanol–water partition coefficient (Wildman–Crippen LogP) is 13.6. The van der Waals surface area contributed by atoms with Crippen molar-refractivity contribution in [2.45, 2.75) is 180 Å². The first-order chi connectivity index (χ1) is 53.3. The highest BCUT2D eigenvalue weighted by atomic mass is 19.1. The summed E-state index contributed by atoms with van der Waals surface area (Å²) in [7, 11) is 0. The maximum atomic E-state index is 14.4. The number of carbonyl (C=O) groups is 1. The van der Waals surface area contributed by atoms with Crippen molar-refractivity contribution >= 4 is 49.5 Å². The summed E-state index contributed by atoms with van der Waals surface area (Å²) in [6.07, 6.45) is 21.8. The minimum absolute atomic E-state index is 0.0531. The van der Waals surface area contributed by atoms with Gasteiger partial charge in [-0.1, -0.05) is 41.0 Å². The Hall–Kier alpha value is -9.52. The summed E-state index contributed by atoms with van der Waals surface area (Å²) < 4.78 is 24.2. The molecule has 4 aromatic carbocycles. The first kappa shape index (κ1) is 73.3. The lowest BCUT2D eigenvalue weighted by atomic mass is 9.95. The lowest BCUT2D eigenvalue weighted by Gasteiger charge is -2.47. The maximum Gasteiger partial charge on any atom is 0.267 e. The topological polar surface area (TPSA) is 242 Å². The van der Waals surface area contributed by atoms with Crippen molar-refractivity contribution < 1.29 is 39.0 Å². The third kappa shape index (κ3) is 13.7. The second kappa shape index (κ2) is 30.3. The first-order valence-electron chi connectivity index (χ1n) is 39.8. The molecule has 21 heteroatoms. The third-order valence-electron chi connectivity index (χ3n) is 25.5. The number of fused-ring (bicyclic) bond motifs is 20. The second-order valence-electron chi connectivity index (χ2n) is 32.2. The molecule has 12 aromatic rings. The van der Waals surface area contributed by atoms with Crippen molar-refractivity contribution in [3.8, 4) is 0 Å². The molecule has 6 N–H and O–H groups in total. The van der Waals surface area contributed by atoms with Crippen LogP contribution in [0.15, 0.2) is 159 Å². The van der Waals surface area contributed by atoms with Gasteiger partial charge in [0.15, 0.2) is 12.4 Å². The van der Waals surface area contributed by atoms with E-state index in [-0.39, 0.29) is 22.2 Å². The number of rotatable bonds is 13. The standard InChI is InChI=1S/C23H26N4O2.C22H24FN3O.2C22H25N3O2/c1-14-4-7-18-16(11-14)22-19-3-2-9-26(19)10-8-20(22)27(18)13-21(28)15-5-6-17(23(24)29)25-12-15;1-14-11-16-20(12-17(14)23)26(13-21(27)15-4-7-24-8-5-15)19-6-10-25-9-2-3-18(25)22(16)19;1-15-4-5-18-17(13-15)22-19(8-12-25(27)11-2-3-20(22)25)24(18)14-21(26)16-6-9-23-10-7-16;1-15-4-5-18-17(13-15)22-19-3-2-9-23(19)10-8-20(22)25(18)14-21(26)16-6-11-24(27)12-7-16/h4-7,11-12,19,21,28H,2-3,8-10,13H2,1H3,(H2,24,29);4-5,7-8,11-12,18,21,27H,2-3,6,9-10,13H2,1H3;4-7,9-10,13,20-21,26H,2-3,8,11-12,14H2,1H3;4-7,11-13,19,21,26H,2-3,8-10,14H2,1H3. The zero-order chi connectivity index (χ0) is 75.8. The van der Waals surface area contributed by atoms with Crippen LogP contribution in [0.5, 0.6) is 0 Å². The van der Waals surface area contributed by atoms with Gasteiger partial charge in [0.1, 0.15) is 17.6 Å². The molecular weight excluding hydrogens is 1380 g/mol. The number of hydrogen-bond donors (Lipinski definition) is 5. The van der Waals surface area contributed by atoms with Gasteiger partial charge in [0.05, 0.1) is 69.2 Å². The number of nitrogens with zero attached hydrogens (tertiary/aromatic N) is 12. The summed E-state index contributed by atoms with van der Waals surface area (Å²) in [6.45, 7) is 18.3. The number of quaternary nitrogens is 1. The van der Waals surface area contributed by atoms with Gasteiger partial charge in [0, 0.05) is 191 Å². The molecule has 9 unspecified atom stereocenters. The Balaban J connectivity index is 0.000000107. The van der Waals surface area contributed by atoms with Crippen LogP contribution >= 0.6 is 0 Å². The van der Waals surface area contributed by atoms with Gasteiger partial charge >= 0.3 is 0 Å². The van der Waals surface area contributed by atoms with Crippen molar-refractivity contribution in [2.24, 2.45) is 5.73 Å². The summed E-state index contributed by atoms with van der Waals surface area (Å²) >= 11 is 0. The average Bonchev–Trinajstić information content (AvgIpc) is 1.59. The van der Waals surface area contributed by atoms with Gasteiger partial charge in [-0.25, -0.2) is 4.39 Å². The van der Waals surface area contributed by atoms with Gasteiger partial charge in [-0.2, -0.15) is 4.73 Å². The van der Waals surface area contributed by atoms with Crippen molar-refractivity contribution in [3.05, 3.63) is 270 Å². The van der Waals surface area contributed by atoms with E-state index < -0.39 is 30.3 Å². The van der Waals surface area contributed by atoms with Crippen LogP contribution < -0.4 is 10.5 Å². The molecule has 8 aliphatic rings. The average molecular weight is 1480 g/mol. The van der Waals surface area contributed by atoms with Gasteiger partial charge in [-0.05, 0) is 204 Å². The molecule has 9 atom stereocenters. The van der Waals surface area contributed by atoms with Gasteiger partial charge in [0.2, 0.25) is 0 Å². The Morgan fingerprint density at radius 3 is 1.34 bits per heavy atom. The molecule has 0 spiro atoms. The monoisotopic (exact) mass is 1480 g/mol. The molecule has 8 aliphatic heterocycles. The molecule has 110 heavy (non-hydrogen) atoms. The molecule has 0 radical (unpaired) electrons. The van der Waals surface area contributed by atoms with E-state index in [9.17, 15) is 40.0 Å². The van der Waals surface area contributed by atoms with Crippen LogP contribution in [0.1, 0.15) is 200 Å². The SMILES string of the molecule is Cc1cc2c3c(n(CC(O)c4ccncc4)c2cc1F)CCN1CCCC31.Cc1ccc2c(c1)c1c(n2CC(O)c2cc[n+]([O-])cc2)CCN2CCCC12.Cc1ccc2c(c1)c1c(n2CC(O)c2ccc(C(N)=O)nc2)CCN2CCCC12.Cc1ccc2c(c1)c1c(n2CC(O)c2ccncc2)CC[N+]2([O-])CCCC12. The fraction of sp³-hybridized carbons (Fsp3) is 0.404. The third-order valence-corrected chi connectivity index (χ3v) is 25.5. The van der Waals surface area contributed by atoms with E-state index >= 15 is 0 Å². The number of benzene rings is 4. The largest absolute Gasteiger partial charge is 0.632 e. The predicted molar refractivity (Wildman–Crippen MR) is 424 cm³/mol. The number of hydrogen-bond acceptors (Lipinski definition) is 13. The van der Waals surface area contributed by atoms with Crippen LogP contribution in [-0.2, 0) is 51.9 Å². The van der Waals surface area contributed by atoms with Gasteiger partial charge < -0.3 is 59.5 Å². The van der Waals surface area contributed by atoms with E-state index in [4.69, 9.17) is 5.73 Å². The smallest absolute Gasteiger partial charge is 0.267 e. The summed E-state index contributed by atoms with van der Waals surface area (Å²) in [5.74, 6) is -0.742. The normalized spacial score (nSPS) is 21.6. The molecule has 0 aliphatic carbocycles. The van der Waals surface area contributed by atoms with Gasteiger partial charge in [-0.3, -0.25) is 34.4 Å². The van der Waals surface area contributed by atoms with Gasteiger partial charge in [0.25, 0.3) is 5.91 Å². The summed E-state index contributed by atoms with van der Waals surface area (Å²) in [4.78, 5) is 31.2. The van der Waals surface area contributed by atoms with Gasteiger partial charge in [-0.15, -0.1) is 0 Å². The van der Waals surface area contributed by atoms with E-state index in [0.29, 0.717) is 62.0 Å². The number of carbonyl (C=O) groups excluding carboxylic acids is 1. The van der Waals surface area contributed by atoms with Crippen LogP contribution in [-0.4, -0.2) is 131 Å². The van der Waals surface area contributed by atoms with E-state index in [2.05, 4.69) is 123 Å². The molecule has 4 fully saturated rings. The van der Waals surface area contributed by atoms with Crippen molar-refractivity contribution in [2.75, 3.05) is 52.4 Å². The summed E-state index contributed by atoms with van der Waals surface area (Å²) in [6, 6.07) is 39.1. The van der Waals surface area contributed by atoms with Crippen LogP contribution in [0.2, 0.25) is 0 Å². The number of aliphatic hydroxyl groups is 4. The lowest BCUT2D eigenvalue weighted by molar-refractivity contribution is -0.900. The zero-order valence-electron chi connectivity index (χ0n) is 63.4.